The van der Waals surface area contributed by atoms with E-state index in [0.717, 1.165) is 11.0 Å². The van der Waals surface area contributed by atoms with Crippen LogP contribution in [0.25, 0.3) is 11.0 Å². The molecular weight excluding hydrogens is 288 g/mol. The molecule has 0 bridgehead atoms. The maximum absolute atomic E-state index is 12.3. The summed E-state index contributed by atoms with van der Waals surface area (Å²) in [5, 5.41) is 0.411. The van der Waals surface area contributed by atoms with Crippen molar-refractivity contribution in [2.45, 2.75) is 13.0 Å². The molecule has 0 aliphatic carbocycles. The summed E-state index contributed by atoms with van der Waals surface area (Å²) in [4.78, 5) is 16.6. The third kappa shape index (κ3) is 2.62. The van der Waals surface area contributed by atoms with Crippen LogP contribution in [0.4, 0.5) is 0 Å². The molecule has 2 aromatic carbocycles. The largest absolute Gasteiger partial charge is 0.423 e. The van der Waals surface area contributed by atoms with Crippen LogP contribution >= 0.6 is 11.6 Å². The Balaban J connectivity index is 1.86. The molecule has 1 heterocycles. The van der Waals surface area contributed by atoms with Gasteiger partial charge in [-0.25, -0.2) is 9.78 Å². The first-order chi connectivity index (χ1) is 10.2. The van der Waals surface area contributed by atoms with Crippen molar-refractivity contribution in [3.8, 4) is 5.75 Å². The zero-order chi connectivity index (χ0) is 14.8. The summed E-state index contributed by atoms with van der Waals surface area (Å²) in [5.74, 6) is -0.0216. The highest BCUT2D eigenvalue weighted by Crippen LogP contribution is 2.25. The van der Waals surface area contributed by atoms with Crippen LogP contribution in [0, 0.1) is 0 Å². The van der Waals surface area contributed by atoms with Gasteiger partial charge in [-0.05, 0) is 31.2 Å². The summed E-state index contributed by atoms with van der Waals surface area (Å²) in [6, 6.07) is 14.0. The number of hydrogen-bond acceptors (Lipinski definition) is 3. The van der Waals surface area contributed by atoms with Crippen molar-refractivity contribution < 1.29 is 9.53 Å². The van der Waals surface area contributed by atoms with Gasteiger partial charge in [0.05, 0.1) is 22.4 Å². The molecule has 21 heavy (non-hydrogen) atoms. The maximum Gasteiger partial charge on any atom is 0.334 e. The molecule has 0 fully saturated rings. The van der Waals surface area contributed by atoms with Crippen LogP contribution in [0.2, 0.25) is 5.02 Å². The number of aromatic nitrogens is 2. The van der Waals surface area contributed by atoms with Crippen molar-refractivity contribution in [1.29, 1.82) is 0 Å². The fourth-order valence-electron chi connectivity index (χ4n) is 2.12. The number of para-hydroxylation sites is 3. The molecule has 0 N–H and O–H groups in total. The smallest absolute Gasteiger partial charge is 0.334 e. The zero-order valence-corrected chi connectivity index (χ0v) is 12.1. The zero-order valence-electron chi connectivity index (χ0n) is 11.4. The van der Waals surface area contributed by atoms with Gasteiger partial charge in [-0.2, -0.15) is 0 Å². The summed E-state index contributed by atoms with van der Waals surface area (Å²) in [6.45, 7) is 1.77. The topological polar surface area (TPSA) is 44.1 Å². The minimum Gasteiger partial charge on any atom is -0.423 e. The van der Waals surface area contributed by atoms with Gasteiger partial charge >= 0.3 is 5.97 Å². The Morgan fingerprint density at radius 3 is 2.71 bits per heavy atom. The number of imidazole rings is 1. The molecule has 3 rings (SSSR count). The number of hydrogen-bond donors (Lipinski definition) is 0. The highest BCUT2D eigenvalue weighted by Gasteiger charge is 2.20. The molecule has 1 aromatic heterocycles. The Labute approximate surface area is 126 Å². The normalized spacial score (nSPS) is 12.3. The first kappa shape index (κ1) is 13.6. The van der Waals surface area contributed by atoms with Gasteiger partial charge in [0.1, 0.15) is 11.8 Å². The lowest BCUT2D eigenvalue weighted by Gasteiger charge is -2.14. The van der Waals surface area contributed by atoms with E-state index in [-0.39, 0.29) is 5.97 Å². The fraction of sp³-hybridized carbons (Fsp3) is 0.125. The van der Waals surface area contributed by atoms with Crippen LogP contribution in [-0.4, -0.2) is 15.5 Å². The van der Waals surface area contributed by atoms with E-state index < -0.39 is 6.04 Å². The standard InChI is InChI=1S/C16H13ClN2O2/c1-11(16(20)21-15-9-5-2-6-12(15)17)19-10-18-13-7-3-4-8-14(13)19/h2-11H,1H3. The fourth-order valence-corrected chi connectivity index (χ4v) is 2.30. The molecule has 0 saturated carbocycles. The number of esters is 1. The molecule has 0 aliphatic heterocycles. The maximum atomic E-state index is 12.3. The van der Waals surface area contributed by atoms with Crippen molar-refractivity contribution in [2.75, 3.05) is 0 Å². The average Bonchev–Trinajstić information content (AvgIpc) is 2.92. The van der Waals surface area contributed by atoms with Gasteiger partial charge in [0, 0.05) is 0 Å². The number of nitrogens with zero attached hydrogens (tertiary/aromatic N) is 2. The van der Waals surface area contributed by atoms with Crippen molar-refractivity contribution in [2.24, 2.45) is 0 Å². The van der Waals surface area contributed by atoms with Gasteiger partial charge in [0.2, 0.25) is 0 Å². The summed E-state index contributed by atoms with van der Waals surface area (Å²) in [6.07, 6.45) is 1.64. The van der Waals surface area contributed by atoms with E-state index in [1.807, 2.05) is 24.3 Å². The van der Waals surface area contributed by atoms with Crippen molar-refractivity contribution in [3.63, 3.8) is 0 Å². The number of carbonyl (C=O) groups is 1. The van der Waals surface area contributed by atoms with Gasteiger partial charge in [-0.3, -0.25) is 0 Å². The lowest BCUT2D eigenvalue weighted by molar-refractivity contribution is -0.137. The molecule has 106 valence electrons. The van der Waals surface area contributed by atoms with Crippen molar-refractivity contribution in [3.05, 3.63) is 59.9 Å². The molecule has 4 nitrogen and oxygen atoms in total. The SMILES string of the molecule is CC(C(=O)Oc1ccccc1Cl)n1cnc2ccccc21. The third-order valence-corrected chi connectivity index (χ3v) is 3.60. The molecule has 3 aromatic rings. The van der Waals surface area contributed by atoms with E-state index in [0.29, 0.717) is 10.8 Å². The Kier molecular flexibility index (Phi) is 3.62. The highest BCUT2D eigenvalue weighted by atomic mass is 35.5. The molecule has 5 heteroatoms. The number of halogens is 1. The highest BCUT2D eigenvalue weighted by molar-refractivity contribution is 6.32. The lowest BCUT2D eigenvalue weighted by atomic mass is 10.2. The van der Waals surface area contributed by atoms with E-state index in [4.69, 9.17) is 16.3 Å². The Bertz CT molecular complexity index is 798. The summed E-state index contributed by atoms with van der Waals surface area (Å²) >= 11 is 6.00. The molecule has 0 aliphatic rings. The molecule has 0 amide bonds. The summed E-state index contributed by atoms with van der Waals surface area (Å²) in [7, 11) is 0. The minimum absolute atomic E-state index is 0.362. The monoisotopic (exact) mass is 300 g/mol. The number of fused-ring (bicyclic) bond motifs is 1. The predicted molar refractivity (Wildman–Crippen MR) is 81.5 cm³/mol. The number of ether oxygens (including phenoxy) is 1. The van der Waals surface area contributed by atoms with Crippen LogP contribution in [0.3, 0.4) is 0 Å². The average molecular weight is 301 g/mol. The molecule has 0 radical (unpaired) electrons. The van der Waals surface area contributed by atoms with Crippen molar-refractivity contribution in [1.82, 2.24) is 9.55 Å². The minimum atomic E-state index is -0.492. The van der Waals surface area contributed by atoms with E-state index in [2.05, 4.69) is 4.98 Å². The van der Waals surface area contributed by atoms with Crippen molar-refractivity contribution >= 4 is 28.6 Å². The summed E-state index contributed by atoms with van der Waals surface area (Å²) in [5.41, 5.74) is 1.73. The quantitative estimate of drug-likeness (QED) is 0.545. The first-order valence-electron chi connectivity index (χ1n) is 6.54. The Morgan fingerprint density at radius 1 is 1.19 bits per heavy atom. The third-order valence-electron chi connectivity index (χ3n) is 3.29. The van der Waals surface area contributed by atoms with E-state index in [9.17, 15) is 4.79 Å². The number of carbonyl (C=O) groups excluding carboxylic acids is 1. The first-order valence-corrected chi connectivity index (χ1v) is 6.92. The van der Waals surface area contributed by atoms with E-state index in [1.54, 1.807) is 42.1 Å². The van der Waals surface area contributed by atoms with Gasteiger partial charge < -0.3 is 9.30 Å². The molecule has 0 spiro atoms. The Morgan fingerprint density at radius 2 is 1.90 bits per heavy atom. The van der Waals surface area contributed by atoms with Gasteiger partial charge in [-0.1, -0.05) is 35.9 Å². The molecular formula is C16H13ClN2O2. The van der Waals surface area contributed by atoms with Crippen LogP contribution < -0.4 is 4.74 Å². The predicted octanol–water partition coefficient (Wildman–Crippen LogP) is 3.86. The second-order valence-corrected chi connectivity index (χ2v) is 5.08. The number of benzene rings is 2. The van der Waals surface area contributed by atoms with E-state index in [1.165, 1.54) is 0 Å². The van der Waals surface area contributed by atoms with E-state index >= 15 is 0 Å². The van der Waals surface area contributed by atoms with Gasteiger partial charge in [0.25, 0.3) is 0 Å². The summed E-state index contributed by atoms with van der Waals surface area (Å²) < 4.78 is 7.15. The molecule has 0 saturated heterocycles. The number of rotatable bonds is 3. The lowest BCUT2D eigenvalue weighted by Crippen LogP contribution is -2.21. The molecule has 1 atom stereocenters. The van der Waals surface area contributed by atoms with Crippen LogP contribution in [-0.2, 0) is 4.79 Å². The molecule has 1 unspecified atom stereocenters. The second-order valence-electron chi connectivity index (χ2n) is 4.67. The van der Waals surface area contributed by atoms with Crippen LogP contribution in [0.1, 0.15) is 13.0 Å². The van der Waals surface area contributed by atoms with Crippen LogP contribution in [0.15, 0.2) is 54.9 Å². The van der Waals surface area contributed by atoms with Gasteiger partial charge in [0.15, 0.2) is 0 Å². The van der Waals surface area contributed by atoms with Gasteiger partial charge in [-0.15, -0.1) is 0 Å². The van der Waals surface area contributed by atoms with Crippen LogP contribution in [0.5, 0.6) is 5.75 Å². The Hall–Kier alpha value is -2.33. The second kappa shape index (κ2) is 5.58.